The molecule has 1 fully saturated rings. The summed E-state index contributed by atoms with van der Waals surface area (Å²) in [7, 11) is 6.04. The van der Waals surface area contributed by atoms with E-state index in [2.05, 4.69) is 0 Å². The van der Waals surface area contributed by atoms with Crippen molar-refractivity contribution in [2.45, 2.75) is 6.04 Å². The Hall–Kier alpha value is -3.52. The van der Waals surface area contributed by atoms with E-state index in [0.717, 1.165) is 0 Å². The number of aliphatic hydroxyl groups is 1. The van der Waals surface area contributed by atoms with Crippen molar-refractivity contribution < 1.29 is 33.6 Å². The van der Waals surface area contributed by atoms with Gasteiger partial charge < -0.3 is 29.0 Å². The minimum atomic E-state index is -0.818. The van der Waals surface area contributed by atoms with Gasteiger partial charge in [0.2, 0.25) is 0 Å². The second kappa shape index (κ2) is 9.53. The molecule has 1 saturated heterocycles. The van der Waals surface area contributed by atoms with Crippen LogP contribution in [0.15, 0.2) is 48.0 Å². The van der Waals surface area contributed by atoms with Gasteiger partial charge >= 0.3 is 0 Å². The number of aliphatic hydroxyl groups excluding tert-OH is 1. The van der Waals surface area contributed by atoms with Crippen LogP contribution in [-0.2, 0) is 14.3 Å². The Labute approximate surface area is 180 Å². The first-order valence-corrected chi connectivity index (χ1v) is 9.60. The maximum absolute atomic E-state index is 13.0. The number of Topliss-reactive ketones (excluding diaryl/α,β-unsaturated/α-hetero) is 1. The lowest BCUT2D eigenvalue weighted by molar-refractivity contribution is -0.140. The summed E-state index contributed by atoms with van der Waals surface area (Å²) >= 11 is 0. The first-order chi connectivity index (χ1) is 15.0. The number of hydrogen-bond donors (Lipinski definition) is 1. The number of benzene rings is 2. The molecule has 1 heterocycles. The summed E-state index contributed by atoms with van der Waals surface area (Å²) in [4.78, 5) is 27.2. The summed E-state index contributed by atoms with van der Waals surface area (Å²) in [6.07, 6.45) is 0. The van der Waals surface area contributed by atoms with Gasteiger partial charge in [0, 0.05) is 19.2 Å². The van der Waals surface area contributed by atoms with Crippen molar-refractivity contribution in [1.29, 1.82) is 0 Å². The third kappa shape index (κ3) is 4.20. The zero-order valence-corrected chi connectivity index (χ0v) is 17.9. The molecule has 0 aromatic heterocycles. The molecule has 0 aliphatic carbocycles. The Morgan fingerprint density at radius 1 is 0.968 bits per heavy atom. The van der Waals surface area contributed by atoms with E-state index >= 15 is 0 Å². The number of likely N-dealkylation sites (tertiary alicyclic amines) is 1. The first kappa shape index (κ1) is 22.2. The number of amides is 1. The quantitative estimate of drug-likeness (QED) is 0.393. The van der Waals surface area contributed by atoms with E-state index in [1.165, 1.54) is 33.3 Å². The van der Waals surface area contributed by atoms with Crippen molar-refractivity contribution in [3.05, 3.63) is 59.2 Å². The highest BCUT2D eigenvalue weighted by atomic mass is 16.5. The minimum absolute atomic E-state index is 0.0124. The predicted molar refractivity (Wildman–Crippen MR) is 113 cm³/mol. The number of ether oxygens (including phenoxy) is 4. The van der Waals surface area contributed by atoms with Crippen LogP contribution in [0.3, 0.4) is 0 Å². The lowest BCUT2D eigenvalue weighted by atomic mass is 9.95. The molecule has 2 aromatic carbocycles. The van der Waals surface area contributed by atoms with Gasteiger partial charge in [-0.2, -0.15) is 0 Å². The van der Waals surface area contributed by atoms with E-state index in [9.17, 15) is 14.7 Å². The molecule has 1 amide bonds. The molecule has 164 valence electrons. The Morgan fingerprint density at radius 3 is 2.35 bits per heavy atom. The standard InChI is InChI=1S/C23H25NO7/c1-28-11-10-24-20(14-8-9-17(30-3)18(13-14)31-4)19(22(26)23(24)27)21(25)15-6-5-7-16(12-15)29-2/h5-9,12-13,20,25H,10-11H2,1-4H3/b21-19+. The van der Waals surface area contributed by atoms with Crippen LogP contribution < -0.4 is 14.2 Å². The van der Waals surface area contributed by atoms with Crippen molar-refractivity contribution in [3.8, 4) is 17.2 Å². The van der Waals surface area contributed by atoms with Crippen LogP contribution >= 0.6 is 0 Å². The van der Waals surface area contributed by atoms with Crippen LogP contribution in [-0.4, -0.2) is 63.3 Å². The third-order valence-electron chi connectivity index (χ3n) is 5.14. The largest absolute Gasteiger partial charge is 0.507 e. The van der Waals surface area contributed by atoms with Gasteiger partial charge in [-0.25, -0.2) is 0 Å². The van der Waals surface area contributed by atoms with Gasteiger partial charge in [0.15, 0.2) is 11.5 Å². The predicted octanol–water partition coefficient (Wildman–Crippen LogP) is 2.78. The Kier molecular flexibility index (Phi) is 6.81. The molecule has 8 heteroatoms. The van der Waals surface area contributed by atoms with Gasteiger partial charge in [-0.05, 0) is 29.8 Å². The molecule has 1 aliphatic heterocycles. The lowest BCUT2D eigenvalue weighted by Crippen LogP contribution is -2.32. The number of nitrogens with zero attached hydrogens (tertiary/aromatic N) is 1. The highest BCUT2D eigenvalue weighted by Gasteiger charge is 2.46. The molecule has 1 atom stereocenters. The Morgan fingerprint density at radius 2 is 1.71 bits per heavy atom. The zero-order chi connectivity index (χ0) is 22.5. The van der Waals surface area contributed by atoms with Crippen LogP contribution in [0.2, 0.25) is 0 Å². The second-order valence-corrected chi connectivity index (χ2v) is 6.83. The number of carbonyl (C=O) groups excluding carboxylic acids is 2. The van der Waals surface area contributed by atoms with Gasteiger partial charge in [0.05, 0.1) is 39.6 Å². The first-order valence-electron chi connectivity index (χ1n) is 9.60. The smallest absolute Gasteiger partial charge is 0.295 e. The number of rotatable bonds is 8. The van der Waals surface area contributed by atoms with E-state index in [4.69, 9.17) is 18.9 Å². The molecule has 3 rings (SSSR count). The number of methoxy groups -OCH3 is 4. The molecule has 1 N–H and O–H groups in total. The monoisotopic (exact) mass is 427 g/mol. The SMILES string of the molecule is COCCN1C(=O)C(=O)/C(=C(/O)c2cccc(OC)c2)C1c1ccc(OC)c(OC)c1. The molecular formula is C23H25NO7. The normalized spacial score (nSPS) is 17.7. The average Bonchev–Trinajstić information content (AvgIpc) is 3.06. The summed E-state index contributed by atoms with van der Waals surface area (Å²) in [5.41, 5.74) is 0.952. The maximum atomic E-state index is 13.0. The summed E-state index contributed by atoms with van der Waals surface area (Å²) in [5, 5.41) is 11.1. The molecule has 0 bridgehead atoms. The van der Waals surface area contributed by atoms with Crippen molar-refractivity contribution >= 4 is 17.4 Å². The third-order valence-corrected chi connectivity index (χ3v) is 5.14. The van der Waals surface area contributed by atoms with Crippen LogP contribution in [0.5, 0.6) is 17.2 Å². The number of carbonyl (C=O) groups is 2. The fourth-order valence-electron chi connectivity index (χ4n) is 3.60. The molecule has 0 spiro atoms. The molecule has 0 radical (unpaired) electrons. The summed E-state index contributed by atoms with van der Waals surface area (Å²) in [6, 6.07) is 11.0. The van der Waals surface area contributed by atoms with Crippen molar-refractivity contribution in [1.82, 2.24) is 4.90 Å². The molecule has 8 nitrogen and oxygen atoms in total. The maximum Gasteiger partial charge on any atom is 0.295 e. The second-order valence-electron chi connectivity index (χ2n) is 6.83. The topological polar surface area (TPSA) is 94.5 Å². The van der Waals surface area contributed by atoms with E-state index in [0.29, 0.717) is 28.4 Å². The van der Waals surface area contributed by atoms with E-state index in [-0.39, 0.29) is 24.5 Å². The van der Waals surface area contributed by atoms with Crippen molar-refractivity contribution in [2.75, 3.05) is 41.6 Å². The highest BCUT2D eigenvalue weighted by molar-refractivity contribution is 6.46. The van der Waals surface area contributed by atoms with Gasteiger partial charge in [-0.3, -0.25) is 9.59 Å². The van der Waals surface area contributed by atoms with Crippen LogP contribution in [0.4, 0.5) is 0 Å². The molecule has 31 heavy (non-hydrogen) atoms. The molecular weight excluding hydrogens is 402 g/mol. The molecule has 2 aromatic rings. The molecule has 1 unspecified atom stereocenters. The van der Waals surface area contributed by atoms with Gasteiger partial charge in [-0.1, -0.05) is 18.2 Å². The van der Waals surface area contributed by atoms with Gasteiger partial charge in [0.25, 0.3) is 11.7 Å². The average molecular weight is 427 g/mol. The summed E-state index contributed by atoms with van der Waals surface area (Å²) < 4.78 is 21.0. The van der Waals surface area contributed by atoms with Crippen LogP contribution in [0.1, 0.15) is 17.2 Å². The van der Waals surface area contributed by atoms with Crippen molar-refractivity contribution in [3.63, 3.8) is 0 Å². The van der Waals surface area contributed by atoms with Crippen LogP contribution in [0, 0.1) is 0 Å². The lowest BCUT2D eigenvalue weighted by Gasteiger charge is -2.25. The fourth-order valence-corrected chi connectivity index (χ4v) is 3.60. The fraction of sp³-hybridized carbons (Fsp3) is 0.304. The van der Waals surface area contributed by atoms with Crippen molar-refractivity contribution in [2.24, 2.45) is 0 Å². The molecule has 0 saturated carbocycles. The van der Waals surface area contributed by atoms with Gasteiger partial charge in [-0.15, -0.1) is 0 Å². The zero-order valence-electron chi connectivity index (χ0n) is 17.9. The van der Waals surface area contributed by atoms with E-state index in [1.54, 1.807) is 42.5 Å². The minimum Gasteiger partial charge on any atom is -0.507 e. The Bertz CT molecular complexity index is 1010. The highest BCUT2D eigenvalue weighted by Crippen LogP contribution is 2.42. The summed E-state index contributed by atoms with van der Waals surface area (Å²) in [6.45, 7) is 0.408. The van der Waals surface area contributed by atoms with E-state index in [1.807, 2.05) is 0 Å². The Balaban J connectivity index is 2.19. The molecule has 1 aliphatic rings. The van der Waals surface area contributed by atoms with Gasteiger partial charge in [0.1, 0.15) is 11.5 Å². The van der Waals surface area contributed by atoms with Crippen LogP contribution in [0.25, 0.3) is 5.76 Å². The number of ketones is 1. The van der Waals surface area contributed by atoms with E-state index < -0.39 is 17.7 Å². The number of hydrogen-bond acceptors (Lipinski definition) is 7. The summed E-state index contributed by atoms with van der Waals surface area (Å²) in [5.74, 6) is -0.290.